The first-order chi connectivity index (χ1) is 11.7. The number of nitrogens with zero attached hydrogens (tertiary/aromatic N) is 3. The Kier molecular flexibility index (Phi) is 5.59. The van der Waals surface area contributed by atoms with Crippen LogP contribution in [-0.2, 0) is 11.2 Å². The number of carbonyl (C=O) groups is 1. The fourth-order valence-corrected chi connectivity index (χ4v) is 2.90. The molecular weight excluding hydrogens is 328 g/mol. The van der Waals surface area contributed by atoms with E-state index in [1.54, 1.807) is 12.4 Å². The summed E-state index contributed by atoms with van der Waals surface area (Å²) in [7, 11) is 0. The van der Waals surface area contributed by atoms with Crippen molar-refractivity contribution in [1.29, 1.82) is 0 Å². The van der Waals surface area contributed by atoms with Gasteiger partial charge in [-0.05, 0) is 37.3 Å². The second kappa shape index (κ2) is 8.06. The van der Waals surface area contributed by atoms with Crippen molar-refractivity contribution >= 4 is 17.5 Å². The van der Waals surface area contributed by atoms with E-state index in [0.717, 1.165) is 31.2 Å². The Hall–Kier alpha value is -2.21. The van der Waals surface area contributed by atoms with E-state index in [-0.39, 0.29) is 18.1 Å². The third kappa shape index (κ3) is 4.89. The highest BCUT2D eigenvalue weighted by atomic mass is 35.5. The van der Waals surface area contributed by atoms with Crippen molar-refractivity contribution in [2.75, 3.05) is 0 Å². The van der Waals surface area contributed by atoms with Crippen LogP contribution in [-0.4, -0.2) is 33.0 Å². The molecule has 1 amide bonds. The zero-order valence-electron chi connectivity index (χ0n) is 13.2. The van der Waals surface area contributed by atoms with Gasteiger partial charge in [-0.3, -0.25) is 9.78 Å². The highest BCUT2D eigenvalue weighted by molar-refractivity contribution is 6.30. The van der Waals surface area contributed by atoms with Gasteiger partial charge in [-0.15, -0.1) is 0 Å². The molecule has 126 valence electrons. The molecule has 7 heteroatoms. The molecule has 0 radical (unpaired) electrons. The first kappa shape index (κ1) is 16.6. The molecule has 1 aliphatic rings. The minimum absolute atomic E-state index is 0.0356. The van der Waals surface area contributed by atoms with Gasteiger partial charge < -0.3 is 10.1 Å². The van der Waals surface area contributed by atoms with E-state index < -0.39 is 0 Å². The second-order valence-electron chi connectivity index (χ2n) is 5.88. The number of pyridine rings is 1. The molecule has 0 saturated heterocycles. The Balaban J connectivity index is 1.41. The van der Waals surface area contributed by atoms with Gasteiger partial charge in [-0.2, -0.15) is 0 Å². The normalized spacial score (nSPS) is 20.4. The number of aromatic nitrogens is 3. The molecule has 1 N–H and O–H groups in total. The maximum absolute atomic E-state index is 12.1. The van der Waals surface area contributed by atoms with Crippen molar-refractivity contribution in [1.82, 2.24) is 20.3 Å². The minimum Gasteiger partial charge on any atom is -0.460 e. The van der Waals surface area contributed by atoms with E-state index in [0.29, 0.717) is 17.5 Å². The average molecular weight is 347 g/mol. The van der Waals surface area contributed by atoms with E-state index in [1.165, 1.54) is 12.4 Å². The van der Waals surface area contributed by atoms with Crippen LogP contribution in [0.4, 0.5) is 0 Å². The van der Waals surface area contributed by atoms with Crippen LogP contribution in [0.3, 0.4) is 0 Å². The molecule has 0 unspecified atom stereocenters. The lowest BCUT2D eigenvalue weighted by molar-refractivity contribution is -0.121. The van der Waals surface area contributed by atoms with Crippen LogP contribution in [0.15, 0.2) is 36.9 Å². The molecule has 1 saturated carbocycles. The van der Waals surface area contributed by atoms with Crippen LogP contribution in [0.1, 0.15) is 31.2 Å². The van der Waals surface area contributed by atoms with E-state index in [1.807, 2.05) is 12.1 Å². The van der Waals surface area contributed by atoms with E-state index in [9.17, 15) is 4.79 Å². The Morgan fingerprint density at radius 3 is 2.62 bits per heavy atom. The standard InChI is InChI=1S/C17H19ClN4O2/c18-13-10-20-17(21-11-13)24-15-5-3-14(4-6-15)22-16(23)8-12-2-1-7-19-9-12/h1-2,7,9-11,14-15H,3-6,8H2,(H,22,23). The van der Waals surface area contributed by atoms with Gasteiger partial charge in [0.15, 0.2) is 0 Å². The lowest BCUT2D eigenvalue weighted by atomic mass is 9.93. The molecule has 6 nitrogen and oxygen atoms in total. The van der Waals surface area contributed by atoms with Gasteiger partial charge in [0.1, 0.15) is 6.10 Å². The summed E-state index contributed by atoms with van der Waals surface area (Å²) in [4.78, 5) is 24.2. The summed E-state index contributed by atoms with van der Waals surface area (Å²) in [5, 5.41) is 3.58. The lowest BCUT2D eigenvalue weighted by Gasteiger charge is -2.28. The van der Waals surface area contributed by atoms with Gasteiger partial charge in [-0.25, -0.2) is 9.97 Å². The predicted octanol–water partition coefficient (Wildman–Crippen LogP) is 2.57. The van der Waals surface area contributed by atoms with E-state index in [2.05, 4.69) is 20.3 Å². The van der Waals surface area contributed by atoms with Crippen molar-refractivity contribution in [2.24, 2.45) is 0 Å². The maximum atomic E-state index is 12.1. The molecule has 0 aromatic carbocycles. The average Bonchev–Trinajstić information content (AvgIpc) is 2.59. The van der Waals surface area contributed by atoms with Crippen LogP contribution in [0.2, 0.25) is 5.02 Å². The number of carbonyl (C=O) groups excluding carboxylic acids is 1. The molecule has 2 aromatic rings. The monoisotopic (exact) mass is 346 g/mol. The highest BCUT2D eigenvalue weighted by Crippen LogP contribution is 2.22. The van der Waals surface area contributed by atoms with Gasteiger partial charge in [0.05, 0.1) is 23.8 Å². The molecule has 1 aliphatic carbocycles. The number of amides is 1. The molecule has 1 fully saturated rings. The SMILES string of the molecule is O=C(Cc1cccnc1)NC1CCC(Oc2ncc(Cl)cn2)CC1. The largest absolute Gasteiger partial charge is 0.460 e. The molecule has 2 heterocycles. The second-order valence-corrected chi connectivity index (χ2v) is 6.32. The Bertz CT molecular complexity index is 658. The molecule has 24 heavy (non-hydrogen) atoms. The zero-order chi connectivity index (χ0) is 16.8. The van der Waals surface area contributed by atoms with Gasteiger partial charge >= 0.3 is 6.01 Å². The Labute approximate surface area is 145 Å². The molecule has 0 bridgehead atoms. The number of ether oxygens (including phenoxy) is 1. The number of hydrogen-bond donors (Lipinski definition) is 1. The smallest absolute Gasteiger partial charge is 0.316 e. The molecule has 0 atom stereocenters. The van der Waals surface area contributed by atoms with Crippen LogP contribution in [0, 0.1) is 0 Å². The van der Waals surface area contributed by atoms with Crippen LogP contribution in [0.25, 0.3) is 0 Å². The van der Waals surface area contributed by atoms with E-state index in [4.69, 9.17) is 16.3 Å². The number of halogens is 1. The topological polar surface area (TPSA) is 77.0 Å². The van der Waals surface area contributed by atoms with Crippen LogP contribution in [0.5, 0.6) is 6.01 Å². The lowest BCUT2D eigenvalue weighted by Crippen LogP contribution is -2.40. The summed E-state index contributed by atoms with van der Waals surface area (Å²) in [6, 6.07) is 4.29. The summed E-state index contributed by atoms with van der Waals surface area (Å²) in [5.74, 6) is 0.0356. The summed E-state index contributed by atoms with van der Waals surface area (Å²) in [6.07, 6.45) is 10.4. The molecule has 2 aromatic heterocycles. The van der Waals surface area contributed by atoms with Gasteiger partial charge in [0.2, 0.25) is 5.91 Å². The van der Waals surface area contributed by atoms with Gasteiger partial charge in [0, 0.05) is 18.4 Å². The third-order valence-electron chi connectivity index (χ3n) is 4.00. The van der Waals surface area contributed by atoms with Gasteiger partial charge in [-0.1, -0.05) is 17.7 Å². The Morgan fingerprint density at radius 1 is 1.21 bits per heavy atom. The fourth-order valence-electron chi connectivity index (χ4n) is 2.80. The first-order valence-corrected chi connectivity index (χ1v) is 8.39. The Morgan fingerprint density at radius 2 is 1.96 bits per heavy atom. The summed E-state index contributed by atoms with van der Waals surface area (Å²) in [5.41, 5.74) is 0.923. The molecular formula is C17H19ClN4O2. The van der Waals surface area contributed by atoms with Crippen molar-refractivity contribution < 1.29 is 9.53 Å². The predicted molar refractivity (Wildman–Crippen MR) is 89.8 cm³/mol. The first-order valence-electron chi connectivity index (χ1n) is 8.01. The fraction of sp³-hybridized carbons (Fsp3) is 0.412. The minimum atomic E-state index is 0.0356. The summed E-state index contributed by atoms with van der Waals surface area (Å²) in [6.45, 7) is 0. The van der Waals surface area contributed by atoms with Crippen molar-refractivity contribution in [2.45, 2.75) is 44.2 Å². The van der Waals surface area contributed by atoms with Crippen molar-refractivity contribution in [3.63, 3.8) is 0 Å². The van der Waals surface area contributed by atoms with Crippen LogP contribution < -0.4 is 10.1 Å². The molecule has 0 spiro atoms. The van der Waals surface area contributed by atoms with E-state index >= 15 is 0 Å². The quantitative estimate of drug-likeness (QED) is 0.900. The van der Waals surface area contributed by atoms with Crippen LogP contribution >= 0.6 is 11.6 Å². The van der Waals surface area contributed by atoms with Gasteiger partial charge in [0.25, 0.3) is 0 Å². The van der Waals surface area contributed by atoms with Crippen molar-refractivity contribution in [3.05, 3.63) is 47.5 Å². The number of hydrogen-bond acceptors (Lipinski definition) is 5. The molecule has 3 rings (SSSR count). The zero-order valence-corrected chi connectivity index (χ0v) is 13.9. The summed E-state index contributed by atoms with van der Waals surface area (Å²) < 4.78 is 5.76. The van der Waals surface area contributed by atoms with Crippen molar-refractivity contribution in [3.8, 4) is 6.01 Å². The summed E-state index contributed by atoms with van der Waals surface area (Å²) >= 11 is 5.76. The number of rotatable bonds is 5. The number of nitrogens with one attached hydrogen (secondary N) is 1. The maximum Gasteiger partial charge on any atom is 0.316 e. The third-order valence-corrected chi connectivity index (χ3v) is 4.19. The molecule has 0 aliphatic heterocycles. The highest BCUT2D eigenvalue weighted by Gasteiger charge is 2.24.